The van der Waals surface area contributed by atoms with Crippen molar-refractivity contribution in [3.63, 3.8) is 0 Å². The number of hydrogen-bond donors (Lipinski definition) is 1. The summed E-state index contributed by atoms with van der Waals surface area (Å²) >= 11 is 1.65. The molecule has 1 aromatic rings. The van der Waals surface area contributed by atoms with Gasteiger partial charge in [0.2, 0.25) is 0 Å². The Hall–Kier alpha value is -0.820. The Bertz CT molecular complexity index is 427. The van der Waals surface area contributed by atoms with E-state index in [-0.39, 0.29) is 6.61 Å². The van der Waals surface area contributed by atoms with Gasteiger partial charge in [-0.1, -0.05) is 31.6 Å². The number of rotatable bonds is 3. The molecule has 0 aromatic carbocycles. The molecule has 0 spiro atoms. The van der Waals surface area contributed by atoms with Crippen molar-refractivity contribution in [1.29, 1.82) is 0 Å². The molecule has 3 heteroatoms. The van der Waals surface area contributed by atoms with Crippen LogP contribution in [0.5, 0.6) is 0 Å². The Morgan fingerprint density at radius 3 is 3.11 bits per heavy atom. The molecule has 0 amide bonds. The van der Waals surface area contributed by atoms with Gasteiger partial charge in [-0.05, 0) is 30.9 Å². The van der Waals surface area contributed by atoms with Crippen molar-refractivity contribution in [3.8, 4) is 11.8 Å². The lowest BCUT2D eigenvalue weighted by Crippen LogP contribution is -2.21. The van der Waals surface area contributed by atoms with Crippen molar-refractivity contribution in [2.24, 2.45) is 5.92 Å². The van der Waals surface area contributed by atoms with Crippen molar-refractivity contribution in [3.05, 3.63) is 21.9 Å². The summed E-state index contributed by atoms with van der Waals surface area (Å²) in [5.41, 5.74) is 0. The molecule has 1 aromatic heterocycles. The summed E-state index contributed by atoms with van der Waals surface area (Å²) in [6.07, 6.45) is 5.47. The average Bonchev–Trinajstić information content (AvgIpc) is 2.82. The fourth-order valence-corrected chi connectivity index (χ4v) is 3.18. The third-order valence-electron chi connectivity index (χ3n) is 3.30. The molecule has 0 radical (unpaired) electrons. The summed E-state index contributed by atoms with van der Waals surface area (Å²) in [5.74, 6) is 6.39. The Kier molecular flexibility index (Phi) is 5.25. The van der Waals surface area contributed by atoms with Gasteiger partial charge in [-0.3, -0.25) is 0 Å². The molecule has 98 valence electrons. The Labute approximate surface area is 113 Å². The standard InChI is InChI=1S/C15H20O2S/c1-12-4-2-5-13(10-12)17-11-15-8-7-14(18-15)6-3-9-16/h7-8,12-13,16H,2,4-5,9-11H2,1H3. The van der Waals surface area contributed by atoms with Gasteiger partial charge in [0, 0.05) is 4.88 Å². The van der Waals surface area contributed by atoms with E-state index in [0.717, 1.165) is 10.8 Å². The highest BCUT2D eigenvalue weighted by atomic mass is 32.1. The molecule has 2 rings (SSSR count). The Morgan fingerprint density at radius 2 is 2.33 bits per heavy atom. The van der Waals surface area contributed by atoms with Crippen LogP contribution in [0, 0.1) is 17.8 Å². The molecule has 1 aliphatic carbocycles. The van der Waals surface area contributed by atoms with E-state index in [1.54, 1.807) is 11.3 Å². The SMILES string of the molecule is CC1CCCC(OCc2ccc(C#CCO)s2)C1. The van der Waals surface area contributed by atoms with Gasteiger partial charge < -0.3 is 9.84 Å². The molecule has 2 atom stereocenters. The number of hydrogen-bond acceptors (Lipinski definition) is 3. The third kappa shape index (κ3) is 4.13. The van der Waals surface area contributed by atoms with Crippen LogP contribution in [0.1, 0.15) is 42.4 Å². The summed E-state index contributed by atoms with van der Waals surface area (Å²) in [5, 5.41) is 8.64. The number of aliphatic hydroxyl groups is 1. The normalized spacial score (nSPS) is 23.4. The van der Waals surface area contributed by atoms with Crippen molar-refractivity contribution >= 4 is 11.3 Å². The second-order valence-electron chi connectivity index (χ2n) is 4.93. The minimum Gasteiger partial charge on any atom is -0.384 e. The molecule has 2 unspecified atom stereocenters. The predicted octanol–water partition coefficient (Wildman–Crippen LogP) is 3.19. The van der Waals surface area contributed by atoms with Crippen LogP contribution in [0.25, 0.3) is 0 Å². The zero-order chi connectivity index (χ0) is 12.8. The molecule has 1 fully saturated rings. The Balaban J connectivity index is 1.81. The van der Waals surface area contributed by atoms with E-state index < -0.39 is 0 Å². The third-order valence-corrected chi connectivity index (χ3v) is 4.28. The van der Waals surface area contributed by atoms with Gasteiger partial charge in [0.25, 0.3) is 0 Å². The maximum Gasteiger partial charge on any atom is 0.104 e. The number of aliphatic hydroxyl groups excluding tert-OH is 1. The molecule has 18 heavy (non-hydrogen) atoms. The van der Waals surface area contributed by atoms with Crippen molar-refractivity contribution in [2.45, 2.75) is 45.3 Å². The lowest BCUT2D eigenvalue weighted by Gasteiger charge is -2.26. The van der Waals surface area contributed by atoms with Crippen LogP contribution in [-0.2, 0) is 11.3 Å². The molecule has 0 aliphatic heterocycles. The minimum atomic E-state index is -0.0797. The summed E-state index contributed by atoms with van der Waals surface area (Å²) in [6, 6.07) is 4.06. The topological polar surface area (TPSA) is 29.5 Å². The van der Waals surface area contributed by atoms with E-state index in [1.165, 1.54) is 30.6 Å². The van der Waals surface area contributed by atoms with Gasteiger partial charge in [0.05, 0.1) is 17.6 Å². The van der Waals surface area contributed by atoms with E-state index in [9.17, 15) is 0 Å². The van der Waals surface area contributed by atoms with E-state index >= 15 is 0 Å². The predicted molar refractivity (Wildman–Crippen MR) is 74.5 cm³/mol. The highest BCUT2D eigenvalue weighted by molar-refractivity contribution is 7.12. The van der Waals surface area contributed by atoms with Crippen LogP contribution in [0.3, 0.4) is 0 Å². The van der Waals surface area contributed by atoms with E-state index in [0.29, 0.717) is 12.7 Å². The van der Waals surface area contributed by atoms with Crippen LogP contribution in [0.15, 0.2) is 12.1 Å². The van der Waals surface area contributed by atoms with Crippen LogP contribution < -0.4 is 0 Å². The second-order valence-corrected chi connectivity index (χ2v) is 6.10. The fraction of sp³-hybridized carbons (Fsp3) is 0.600. The molecule has 1 heterocycles. The molecule has 1 saturated carbocycles. The minimum absolute atomic E-state index is 0.0797. The quantitative estimate of drug-likeness (QED) is 0.850. The Morgan fingerprint density at radius 1 is 1.44 bits per heavy atom. The lowest BCUT2D eigenvalue weighted by atomic mass is 9.89. The van der Waals surface area contributed by atoms with E-state index in [4.69, 9.17) is 9.84 Å². The summed E-state index contributed by atoms with van der Waals surface area (Å²) in [4.78, 5) is 2.22. The monoisotopic (exact) mass is 264 g/mol. The van der Waals surface area contributed by atoms with Crippen LogP contribution in [0.2, 0.25) is 0 Å². The molecular weight excluding hydrogens is 244 g/mol. The van der Waals surface area contributed by atoms with Crippen molar-refractivity contribution in [2.75, 3.05) is 6.61 Å². The van der Waals surface area contributed by atoms with Gasteiger partial charge in [-0.25, -0.2) is 0 Å². The summed E-state index contributed by atoms with van der Waals surface area (Å²) in [6.45, 7) is 2.93. The maximum atomic E-state index is 8.64. The van der Waals surface area contributed by atoms with Crippen LogP contribution in [0.4, 0.5) is 0 Å². The van der Waals surface area contributed by atoms with Gasteiger partial charge in [-0.15, -0.1) is 11.3 Å². The van der Waals surface area contributed by atoms with Gasteiger partial charge in [-0.2, -0.15) is 0 Å². The zero-order valence-corrected chi connectivity index (χ0v) is 11.6. The van der Waals surface area contributed by atoms with E-state index in [2.05, 4.69) is 24.8 Å². The van der Waals surface area contributed by atoms with Crippen LogP contribution in [-0.4, -0.2) is 17.8 Å². The second kappa shape index (κ2) is 6.94. The van der Waals surface area contributed by atoms with Gasteiger partial charge in [0.1, 0.15) is 6.61 Å². The maximum absolute atomic E-state index is 8.64. The largest absolute Gasteiger partial charge is 0.384 e. The molecule has 1 aliphatic rings. The molecular formula is C15H20O2S. The smallest absolute Gasteiger partial charge is 0.104 e. The average molecular weight is 264 g/mol. The zero-order valence-electron chi connectivity index (χ0n) is 10.8. The highest BCUT2D eigenvalue weighted by Gasteiger charge is 2.19. The molecule has 0 bridgehead atoms. The first-order valence-corrected chi connectivity index (χ1v) is 7.39. The number of thiophene rings is 1. The van der Waals surface area contributed by atoms with Crippen molar-refractivity contribution in [1.82, 2.24) is 0 Å². The van der Waals surface area contributed by atoms with Gasteiger partial charge in [0.15, 0.2) is 0 Å². The first-order chi connectivity index (χ1) is 8.78. The van der Waals surface area contributed by atoms with Gasteiger partial charge >= 0.3 is 0 Å². The molecule has 0 saturated heterocycles. The summed E-state index contributed by atoms with van der Waals surface area (Å²) in [7, 11) is 0. The van der Waals surface area contributed by atoms with Crippen molar-refractivity contribution < 1.29 is 9.84 Å². The molecule has 2 nitrogen and oxygen atoms in total. The van der Waals surface area contributed by atoms with Crippen LogP contribution >= 0.6 is 11.3 Å². The molecule has 1 N–H and O–H groups in total. The fourth-order valence-electron chi connectivity index (χ4n) is 2.38. The number of ether oxygens (including phenoxy) is 1. The summed E-state index contributed by atoms with van der Waals surface area (Å²) < 4.78 is 5.97. The highest BCUT2D eigenvalue weighted by Crippen LogP contribution is 2.27. The first kappa shape index (κ1) is 13.6. The first-order valence-electron chi connectivity index (χ1n) is 6.58. The lowest BCUT2D eigenvalue weighted by molar-refractivity contribution is 0.00591. The van der Waals surface area contributed by atoms with E-state index in [1.807, 2.05) is 6.07 Å².